The van der Waals surface area contributed by atoms with Gasteiger partial charge in [0.25, 0.3) is 0 Å². The number of benzene rings is 2. The lowest BCUT2D eigenvalue weighted by Gasteiger charge is -2.14. The van der Waals surface area contributed by atoms with E-state index in [1.54, 1.807) is 23.1 Å². The first kappa shape index (κ1) is 19.4. The molecule has 0 saturated heterocycles. The van der Waals surface area contributed by atoms with Gasteiger partial charge in [0.2, 0.25) is 17.6 Å². The first-order valence-electron chi connectivity index (χ1n) is 9.41. The monoisotopic (exact) mass is 406 g/mol. The molecule has 0 radical (unpaired) electrons. The predicted octanol–water partition coefficient (Wildman–Crippen LogP) is 3.27. The molecule has 0 bridgehead atoms. The van der Waals surface area contributed by atoms with E-state index in [0.717, 1.165) is 11.3 Å². The molecule has 4 rings (SSSR count). The number of halogens is 1. The standard InChI is InChI=1S/C21H19FN6O2/c1-14(15-4-8-18(9-5-15)28-13-23-12-24-28)25-19(29)10-11-20-26-21(27-30-20)16-2-6-17(22)7-3-16/h2-9,12-14H,10-11H2,1H3,(H,25,29). The van der Waals surface area contributed by atoms with E-state index in [9.17, 15) is 9.18 Å². The van der Waals surface area contributed by atoms with Gasteiger partial charge in [0.1, 0.15) is 18.5 Å². The van der Waals surface area contributed by atoms with Crippen LogP contribution >= 0.6 is 0 Å². The molecule has 1 unspecified atom stereocenters. The smallest absolute Gasteiger partial charge is 0.227 e. The number of amides is 1. The van der Waals surface area contributed by atoms with Crippen LogP contribution < -0.4 is 5.32 Å². The third kappa shape index (κ3) is 4.57. The quantitative estimate of drug-likeness (QED) is 0.506. The summed E-state index contributed by atoms with van der Waals surface area (Å²) in [5.74, 6) is 0.270. The summed E-state index contributed by atoms with van der Waals surface area (Å²) in [4.78, 5) is 20.5. The number of hydrogen-bond donors (Lipinski definition) is 1. The summed E-state index contributed by atoms with van der Waals surface area (Å²) in [6.07, 6.45) is 3.63. The number of rotatable bonds is 7. The maximum Gasteiger partial charge on any atom is 0.227 e. The highest BCUT2D eigenvalue weighted by molar-refractivity contribution is 5.76. The molecule has 0 fully saturated rings. The van der Waals surface area contributed by atoms with Gasteiger partial charge in [0, 0.05) is 18.4 Å². The van der Waals surface area contributed by atoms with Crippen molar-refractivity contribution < 1.29 is 13.7 Å². The predicted molar refractivity (Wildman–Crippen MR) is 106 cm³/mol. The van der Waals surface area contributed by atoms with Gasteiger partial charge in [-0.2, -0.15) is 10.1 Å². The lowest BCUT2D eigenvalue weighted by Crippen LogP contribution is -2.26. The summed E-state index contributed by atoms with van der Waals surface area (Å²) in [7, 11) is 0. The Morgan fingerprint density at radius 3 is 2.63 bits per heavy atom. The number of nitrogens with one attached hydrogen (secondary N) is 1. The Labute approximate surface area is 171 Å². The highest BCUT2D eigenvalue weighted by Crippen LogP contribution is 2.18. The molecular weight excluding hydrogens is 387 g/mol. The molecule has 0 aliphatic heterocycles. The van der Waals surface area contributed by atoms with Gasteiger partial charge >= 0.3 is 0 Å². The second kappa shape index (κ2) is 8.64. The summed E-state index contributed by atoms with van der Waals surface area (Å²) >= 11 is 0. The Kier molecular flexibility index (Phi) is 5.60. The molecule has 2 aromatic carbocycles. The van der Waals surface area contributed by atoms with Crippen molar-refractivity contribution in [3.63, 3.8) is 0 Å². The van der Waals surface area contributed by atoms with Gasteiger partial charge in [-0.25, -0.2) is 14.1 Å². The van der Waals surface area contributed by atoms with Crippen LogP contribution in [0, 0.1) is 5.82 Å². The van der Waals surface area contributed by atoms with E-state index >= 15 is 0 Å². The first-order valence-corrected chi connectivity index (χ1v) is 9.41. The topological polar surface area (TPSA) is 98.7 Å². The number of aromatic nitrogens is 5. The van der Waals surface area contributed by atoms with Crippen LogP contribution in [-0.2, 0) is 11.2 Å². The highest BCUT2D eigenvalue weighted by Gasteiger charge is 2.13. The largest absolute Gasteiger partial charge is 0.350 e. The summed E-state index contributed by atoms with van der Waals surface area (Å²) in [6.45, 7) is 1.92. The molecule has 8 nitrogen and oxygen atoms in total. The molecule has 9 heteroatoms. The molecule has 2 heterocycles. The Balaban J connectivity index is 1.30. The van der Waals surface area contributed by atoms with Gasteiger partial charge in [-0.15, -0.1) is 0 Å². The molecule has 1 atom stereocenters. The zero-order valence-electron chi connectivity index (χ0n) is 16.2. The van der Waals surface area contributed by atoms with Crippen LogP contribution in [0.25, 0.3) is 17.1 Å². The van der Waals surface area contributed by atoms with Crippen molar-refractivity contribution in [1.82, 2.24) is 30.2 Å². The van der Waals surface area contributed by atoms with Crippen molar-refractivity contribution in [3.05, 3.63) is 78.5 Å². The molecule has 30 heavy (non-hydrogen) atoms. The molecule has 152 valence electrons. The van der Waals surface area contributed by atoms with E-state index < -0.39 is 0 Å². The minimum absolute atomic E-state index is 0.121. The minimum atomic E-state index is -0.332. The molecule has 1 N–H and O–H groups in total. The minimum Gasteiger partial charge on any atom is -0.350 e. The van der Waals surface area contributed by atoms with Crippen molar-refractivity contribution in [2.45, 2.75) is 25.8 Å². The Bertz CT molecular complexity index is 1110. The maximum atomic E-state index is 13.0. The molecule has 0 saturated carbocycles. The second-order valence-electron chi connectivity index (χ2n) is 6.74. The van der Waals surface area contributed by atoms with Crippen LogP contribution in [0.15, 0.2) is 65.7 Å². The van der Waals surface area contributed by atoms with Gasteiger partial charge in [-0.05, 0) is 48.9 Å². The van der Waals surface area contributed by atoms with Crippen LogP contribution in [0.2, 0.25) is 0 Å². The molecular formula is C21H19FN6O2. The molecule has 2 aromatic heterocycles. The van der Waals surface area contributed by atoms with Crippen LogP contribution in [0.3, 0.4) is 0 Å². The van der Waals surface area contributed by atoms with Crippen molar-refractivity contribution in [3.8, 4) is 17.1 Å². The Hall–Kier alpha value is -3.88. The molecule has 4 aromatic rings. The first-order chi connectivity index (χ1) is 14.6. The van der Waals surface area contributed by atoms with Crippen LogP contribution in [-0.4, -0.2) is 30.8 Å². The number of carbonyl (C=O) groups is 1. The van der Waals surface area contributed by atoms with E-state index in [0.29, 0.717) is 23.7 Å². The summed E-state index contributed by atoms with van der Waals surface area (Å²) in [6, 6.07) is 13.4. The second-order valence-corrected chi connectivity index (χ2v) is 6.74. The summed E-state index contributed by atoms with van der Waals surface area (Å²) in [5, 5.41) is 10.9. The third-order valence-corrected chi connectivity index (χ3v) is 4.59. The number of aryl methyl sites for hydroxylation is 1. The number of carbonyl (C=O) groups excluding carboxylic acids is 1. The van der Waals surface area contributed by atoms with Crippen molar-refractivity contribution >= 4 is 5.91 Å². The van der Waals surface area contributed by atoms with Crippen LogP contribution in [0.5, 0.6) is 0 Å². The average Bonchev–Trinajstić information content (AvgIpc) is 3.45. The third-order valence-electron chi connectivity index (χ3n) is 4.59. The lowest BCUT2D eigenvalue weighted by atomic mass is 10.1. The number of hydrogen-bond acceptors (Lipinski definition) is 6. The summed E-state index contributed by atoms with van der Waals surface area (Å²) in [5.41, 5.74) is 2.52. The normalized spacial score (nSPS) is 11.9. The maximum absolute atomic E-state index is 13.0. The summed E-state index contributed by atoms with van der Waals surface area (Å²) < 4.78 is 19.9. The fourth-order valence-electron chi connectivity index (χ4n) is 2.95. The molecule has 0 aliphatic carbocycles. The SMILES string of the molecule is CC(NC(=O)CCc1nc(-c2ccc(F)cc2)no1)c1ccc(-n2cncn2)cc1. The Morgan fingerprint density at radius 1 is 1.17 bits per heavy atom. The molecule has 1 amide bonds. The average molecular weight is 406 g/mol. The van der Waals surface area contributed by atoms with Crippen LogP contribution in [0.1, 0.15) is 30.8 Å². The zero-order valence-corrected chi connectivity index (χ0v) is 16.2. The lowest BCUT2D eigenvalue weighted by molar-refractivity contribution is -0.121. The molecule has 0 aliphatic rings. The molecule has 0 spiro atoms. The fraction of sp³-hybridized carbons (Fsp3) is 0.190. The van der Waals surface area contributed by atoms with Crippen molar-refractivity contribution in [2.75, 3.05) is 0 Å². The number of nitrogens with zero attached hydrogens (tertiary/aromatic N) is 5. The van der Waals surface area contributed by atoms with Gasteiger partial charge < -0.3 is 9.84 Å². The van der Waals surface area contributed by atoms with E-state index in [1.807, 2.05) is 31.2 Å². The van der Waals surface area contributed by atoms with Crippen molar-refractivity contribution in [1.29, 1.82) is 0 Å². The Morgan fingerprint density at radius 2 is 1.93 bits per heavy atom. The zero-order chi connectivity index (χ0) is 20.9. The van der Waals surface area contributed by atoms with Gasteiger partial charge in [0.15, 0.2) is 0 Å². The van der Waals surface area contributed by atoms with E-state index in [-0.39, 0.29) is 24.2 Å². The van der Waals surface area contributed by atoms with Gasteiger partial charge in [-0.1, -0.05) is 17.3 Å². The van der Waals surface area contributed by atoms with Gasteiger partial charge in [0.05, 0.1) is 11.7 Å². The van der Waals surface area contributed by atoms with E-state index in [2.05, 4.69) is 25.5 Å². The van der Waals surface area contributed by atoms with Crippen molar-refractivity contribution in [2.24, 2.45) is 0 Å². The van der Waals surface area contributed by atoms with E-state index in [4.69, 9.17) is 4.52 Å². The van der Waals surface area contributed by atoms with E-state index in [1.165, 1.54) is 18.5 Å². The highest BCUT2D eigenvalue weighted by atomic mass is 19.1. The van der Waals surface area contributed by atoms with Gasteiger partial charge in [-0.3, -0.25) is 4.79 Å². The van der Waals surface area contributed by atoms with Crippen LogP contribution in [0.4, 0.5) is 4.39 Å². The fourth-order valence-corrected chi connectivity index (χ4v) is 2.95.